The van der Waals surface area contributed by atoms with Gasteiger partial charge in [-0.1, -0.05) is 40.5 Å². The Balaban J connectivity index is 2.10. The minimum absolute atomic E-state index is 0.287. The third-order valence-corrected chi connectivity index (χ3v) is 4.51. The van der Waals surface area contributed by atoms with E-state index in [9.17, 15) is 0 Å². The highest BCUT2D eigenvalue weighted by atomic mass is 79.9. The molecule has 1 N–H and O–H groups in total. The Kier molecular flexibility index (Phi) is 5.07. The van der Waals surface area contributed by atoms with Crippen molar-refractivity contribution < 1.29 is 4.74 Å². The van der Waals surface area contributed by atoms with Gasteiger partial charge in [-0.25, -0.2) is 0 Å². The van der Waals surface area contributed by atoms with Crippen LogP contribution in [0.1, 0.15) is 18.9 Å². The first-order chi connectivity index (χ1) is 8.61. The summed E-state index contributed by atoms with van der Waals surface area (Å²) in [7, 11) is 1.99. The summed E-state index contributed by atoms with van der Waals surface area (Å²) in [5.41, 5.74) is 1.17. The van der Waals surface area contributed by atoms with Gasteiger partial charge in [-0.05, 0) is 43.5 Å². The SMILES string of the molecule is CNC(Cc1ccc(Br)cc1Cl)C1OCCC1C. The Morgan fingerprint density at radius 1 is 1.56 bits per heavy atom. The zero-order chi connectivity index (χ0) is 13.1. The smallest absolute Gasteiger partial charge is 0.0757 e. The molecule has 1 aliphatic heterocycles. The quantitative estimate of drug-likeness (QED) is 0.908. The highest BCUT2D eigenvalue weighted by Crippen LogP contribution is 2.27. The van der Waals surface area contributed by atoms with E-state index in [2.05, 4.69) is 34.2 Å². The van der Waals surface area contributed by atoms with Crippen molar-refractivity contribution in [1.82, 2.24) is 5.32 Å². The second-order valence-electron chi connectivity index (χ2n) is 4.94. The van der Waals surface area contributed by atoms with Crippen LogP contribution >= 0.6 is 27.5 Å². The van der Waals surface area contributed by atoms with E-state index in [-0.39, 0.29) is 6.10 Å². The Bertz CT molecular complexity index is 413. The molecule has 2 nitrogen and oxygen atoms in total. The summed E-state index contributed by atoms with van der Waals surface area (Å²) in [6.07, 6.45) is 2.34. The predicted octanol–water partition coefficient (Wildman–Crippen LogP) is 3.66. The molecule has 0 bridgehead atoms. The second-order valence-corrected chi connectivity index (χ2v) is 6.26. The van der Waals surface area contributed by atoms with Gasteiger partial charge in [0.05, 0.1) is 6.10 Å². The van der Waals surface area contributed by atoms with E-state index in [0.717, 1.165) is 28.9 Å². The molecule has 1 aliphatic rings. The minimum Gasteiger partial charge on any atom is -0.376 e. The summed E-state index contributed by atoms with van der Waals surface area (Å²) in [5.74, 6) is 0.608. The molecular weight excluding hydrogens is 314 g/mol. The summed E-state index contributed by atoms with van der Waals surface area (Å²) in [6, 6.07) is 6.38. The van der Waals surface area contributed by atoms with Gasteiger partial charge in [0.2, 0.25) is 0 Å². The Labute approximate surface area is 122 Å². The van der Waals surface area contributed by atoms with Gasteiger partial charge >= 0.3 is 0 Å². The maximum atomic E-state index is 6.28. The molecule has 1 fully saturated rings. The van der Waals surface area contributed by atoms with Crippen molar-refractivity contribution in [2.24, 2.45) is 5.92 Å². The number of likely N-dealkylation sites (N-methyl/N-ethyl adjacent to an activating group) is 1. The van der Waals surface area contributed by atoms with Gasteiger partial charge in [0.1, 0.15) is 0 Å². The molecule has 3 atom stereocenters. The molecule has 1 aromatic rings. The first kappa shape index (κ1) is 14.3. The van der Waals surface area contributed by atoms with E-state index in [1.54, 1.807) is 0 Å². The summed E-state index contributed by atoms with van der Waals surface area (Å²) < 4.78 is 6.86. The van der Waals surface area contributed by atoms with Crippen molar-refractivity contribution >= 4 is 27.5 Å². The average Bonchev–Trinajstić information content (AvgIpc) is 2.75. The lowest BCUT2D eigenvalue weighted by Gasteiger charge is -2.26. The first-order valence-electron chi connectivity index (χ1n) is 6.34. The number of hydrogen-bond acceptors (Lipinski definition) is 2. The Morgan fingerprint density at radius 2 is 2.33 bits per heavy atom. The first-order valence-corrected chi connectivity index (χ1v) is 7.51. The van der Waals surface area contributed by atoms with Gasteiger partial charge in [-0.15, -0.1) is 0 Å². The monoisotopic (exact) mass is 331 g/mol. The van der Waals surface area contributed by atoms with E-state index < -0.39 is 0 Å². The predicted molar refractivity (Wildman–Crippen MR) is 79.2 cm³/mol. The van der Waals surface area contributed by atoms with Crippen LogP contribution in [0.5, 0.6) is 0 Å². The number of halogens is 2. The summed E-state index contributed by atoms with van der Waals surface area (Å²) in [4.78, 5) is 0. The average molecular weight is 333 g/mol. The standard InChI is InChI=1S/C14H19BrClNO/c1-9-5-6-18-14(9)13(17-2)7-10-3-4-11(15)8-12(10)16/h3-4,8-9,13-14,17H,5-7H2,1-2H3. The topological polar surface area (TPSA) is 21.3 Å². The third-order valence-electron chi connectivity index (χ3n) is 3.67. The molecule has 1 saturated heterocycles. The molecule has 0 spiro atoms. The Hall–Kier alpha value is -0.0900. The van der Waals surface area contributed by atoms with Crippen LogP contribution in [0.4, 0.5) is 0 Å². The van der Waals surface area contributed by atoms with Crippen LogP contribution in [0, 0.1) is 5.92 Å². The molecule has 0 radical (unpaired) electrons. The molecule has 1 heterocycles. The van der Waals surface area contributed by atoms with Gasteiger partial charge < -0.3 is 10.1 Å². The van der Waals surface area contributed by atoms with E-state index >= 15 is 0 Å². The van der Waals surface area contributed by atoms with Crippen molar-refractivity contribution in [3.8, 4) is 0 Å². The van der Waals surface area contributed by atoms with Crippen LogP contribution < -0.4 is 5.32 Å². The molecule has 4 heteroatoms. The molecule has 2 rings (SSSR count). The summed E-state index contributed by atoms with van der Waals surface area (Å²) in [6.45, 7) is 3.13. The van der Waals surface area contributed by atoms with Crippen molar-refractivity contribution in [1.29, 1.82) is 0 Å². The van der Waals surface area contributed by atoms with E-state index in [0.29, 0.717) is 12.0 Å². The lowest BCUT2D eigenvalue weighted by atomic mass is 9.93. The van der Waals surface area contributed by atoms with Crippen LogP contribution in [0.25, 0.3) is 0 Å². The zero-order valence-corrected chi connectivity index (χ0v) is 13.1. The largest absolute Gasteiger partial charge is 0.376 e. The number of ether oxygens (including phenoxy) is 1. The molecule has 100 valence electrons. The highest BCUT2D eigenvalue weighted by molar-refractivity contribution is 9.10. The maximum absolute atomic E-state index is 6.28. The van der Waals surface area contributed by atoms with Crippen LogP contribution in [0.3, 0.4) is 0 Å². The number of hydrogen-bond donors (Lipinski definition) is 1. The normalized spacial score (nSPS) is 25.3. The molecule has 0 saturated carbocycles. The lowest BCUT2D eigenvalue weighted by molar-refractivity contribution is 0.0634. The highest BCUT2D eigenvalue weighted by Gasteiger charge is 2.31. The third kappa shape index (κ3) is 3.27. The van der Waals surface area contributed by atoms with E-state index in [4.69, 9.17) is 16.3 Å². The van der Waals surface area contributed by atoms with Gasteiger partial charge in [-0.3, -0.25) is 0 Å². The molecule has 0 aliphatic carbocycles. The molecule has 0 amide bonds. The fourth-order valence-electron chi connectivity index (χ4n) is 2.54. The van der Waals surface area contributed by atoms with Gasteiger partial charge in [0.15, 0.2) is 0 Å². The number of benzene rings is 1. The summed E-state index contributed by atoms with van der Waals surface area (Å²) in [5, 5.41) is 4.18. The second kappa shape index (κ2) is 6.38. The number of rotatable bonds is 4. The van der Waals surface area contributed by atoms with Crippen molar-refractivity contribution in [2.75, 3.05) is 13.7 Å². The van der Waals surface area contributed by atoms with Crippen molar-refractivity contribution in [3.05, 3.63) is 33.3 Å². The van der Waals surface area contributed by atoms with Gasteiger partial charge in [-0.2, -0.15) is 0 Å². The fraction of sp³-hybridized carbons (Fsp3) is 0.571. The van der Waals surface area contributed by atoms with E-state index in [1.807, 2.05) is 19.2 Å². The summed E-state index contributed by atoms with van der Waals surface area (Å²) >= 11 is 9.71. The molecule has 0 aromatic heterocycles. The van der Waals surface area contributed by atoms with Crippen molar-refractivity contribution in [2.45, 2.75) is 31.9 Å². The number of nitrogens with one attached hydrogen (secondary N) is 1. The van der Waals surface area contributed by atoms with E-state index in [1.165, 1.54) is 5.56 Å². The fourth-order valence-corrected chi connectivity index (χ4v) is 3.29. The maximum Gasteiger partial charge on any atom is 0.0757 e. The molecular formula is C14H19BrClNO. The Morgan fingerprint density at radius 3 is 2.89 bits per heavy atom. The van der Waals surface area contributed by atoms with Gasteiger partial charge in [0.25, 0.3) is 0 Å². The minimum atomic E-state index is 0.287. The van der Waals surface area contributed by atoms with Crippen LogP contribution in [0.2, 0.25) is 5.02 Å². The van der Waals surface area contributed by atoms with Crippen LogP contribution in [0.15, 0.2) is 22.7 Å². The molecule has 3 unspecified atom stereocenters. The van der Waals surface area contributed by atoms with Crippen LogP contribution in [-0.4, -0.2) is 25.8 Å². The molecule has 1 aromatic carbocycles. The molecule has 18 heavy (non-hydrogen) atoms. The lowest BCUT2D eigenvalue weighted by Crippen LogP contribution is -2.42. The van der Waals surface area contributed by atoms with Crippen LogP contribution in [-0.2, 0) is 11.2 Å². The van der Waals surface area contributed by atoms with Gasteiger partial charge in [0, 0.05) is 22.1 Å². The zero-order valence-electron chi connectivity index (χ0n) is 10.7. The van der Waals surface area contributed by atoms with Crippen molar-refractivity contribution in [3.63, 3.8) is 0 Å².